The maximum absolute atomic E-state index is 6.25. The van der Waals surface area contributed by atoms with E-state index in [-0.39, 0.29) is 0 Å². The van der Waals surface area contributed by atoms with Crippen LogP contribution in [0.1, 0.15) is 29.4 Å². The van der Waals surface area contributed by atoms with Gasteiger partial charge in [-0.25, -0.2) is 0 Å². The van der Waals surface area contributed by atoms with Gasteiger partial charge in [-0.05, 0) is 45.1 Å². The first kappa shape index (κ1) is 21.6. The molecule has 154 valence electrons. The largest absolute Gasteiger partial charge is 0.348 e. The average molecular weight is 451 g/mol. The summed E-state index contributed by atoms with van der Waals surface area (Å²) >= 11 is 18.1. The number of rotatable bonds is 6. The fourth-order valence-electron chi connectivity index (χ4n) is 3.15. The van der Waals surface area contributed by atoms with Gasteiger partial charge in [0.2, 0.25) is 0 Å². The SMILES string of the molecule is CCn1nc(C)c(CN(C)C(=S)Nc2ccn(Cc3c(Cl)cccc3Cl)n2)c1C. The molecule has 29 heavy (non-hydrogen) atoms. The highest BCUT2D eigenvalue weighted by Gasteiger charge is 2.15. The molecule has 0 bridgehead atoms. The first-order valence-electron chi connectivity index (χ1n) is 9.31. The van der Waals surface area contributed by atoms with Gasteiger partial charge in [-0.3, -0.25) is 9.36 Å². The maximum Gasteiger partial charge on any atom is 0.174 e. The number of hydrogen-bond donors (Lipinski definition) is 1. The first-order valence-corrected chi connectivity index (χ1v) is 10.5. The Labute approximate surface area is 186 Å². The molecule has 9 heteroatoms. The number of halogens is 2. The van der Waals surface area contributed by atoms with Crippen LogP contribution in [0.15, 0.2) is 30.5 Å². The van der Waals surface area contributed by atoms with Crippen LogP contribution in [0, 0.1) is 13.8 Å². The predicted molar refractivity (Wildman–Crippen MR) is 123 cm³/mol. The lowest BCUT2D eigenvalue weighted by atomic mass is 10.2. The van der Waals surface area contributed by atoms with Crippen molar-refractivity contribution in [1.29, 1.82) is 0 Å². The number of aryl methyl sites for hydroxylation is 2. The Balaban J connectivity index is 1.65. The van der Waals surface area contributed by atoms with Gasteiger partial charge in [0.1, 0.15) is 0 Å². The molecular formula is C20H24Cl2N6S. The van der Waals surface area contributed by atoms with Crippen molar-refractivity contribution >= 4 is 46.4 Å². The third-order valence-electron chi connectivity index (χ3n) is 4.83. The van der Waals surface area contributed by atoms with Gasteiger partial charge in [0, 0.05) is 59.3 Å². The monoisotopic (exact) mass is 450 g/mol. The highest BCUT2D eigenvalue weighted by Crippen LogP contribution is 2.25. The van der Waals surface area contributed by atoms with Gasteiger partial charge < -0.3 is 10.2 Å². The van der Waals surface area contributed by atoms with Crippen LogP contribution in [-0.4, -0.2) is 36.6 Å². The number of anilines is 1. The minimum atomic E-state index is 0.484. The Morgan fingerprint density at radius 3 is 2.45 bits per heavy atom. The zero-order chi connectivity index (χ0) is 21.1. The second-order valence-corrected chi connectivity index (χ2v) is 8.05. The third kappa shape index (κ3) is 4.91. The number of nitrogens with one attached hydrogen (secondary N) is 1. The van der Waals surface area contributed by atoms with Crippen molar-refractivity contribution < 1.29 is 0 Å². The summed E-state index contributed by atoms with van der Waals surface area (Å²) in [4.78, 5) is 1.98. The van der Waals surface area contributed by atoms with Crippen LogP contribution in [0.5, 0.6) is 0 Å². The number of hydrogen-bond acceptors (Lipinski definition) is 3. The average Bonchev–Trinajstić information content (AvgIpc) is 3.23. The molecule has 0 radical (unpaired) electrons. The zero-order valence-electron chi connectivity index (χ0n) is 16.9. The normalized spacial score (nSPS) is 11.0. The van der Waals surface area contributed by atoms with E-state index in [1.54, 1.807) is 4.68 Å². The van der Waals surface area contributed by atoms with Gasteiger partial charge in [-0.1, -0.05) is 29.3 Å². The molecule has 0 spiro atoms. The van der Waals surface area contributed by atoms with E-state index >= 15 is 0 Å². The van der Waals surface area contributed by atoms with Crippen molar-refractivity contribution in [1.82, 2.24) is 24.5 Å². The fourth-order valence-corrected chi connectivity index (χ4v) is 3.83. The number of aromatic nitrogens is 4. The zero-order valence-corrected chi connectivity index (χ0v) is 19.2. The summed E-state index contributed by atoms with van der Waals surface area (Å²) in [6.07, 6.45) is 1.87. The predicted octanol–water partition coefficient (Wildman–Crippen LogP) is 4.90. The molecule has 6 nitrogen and oxygen atoms in total. The summed E-state index contributed by atoms with van der Waals surface area (Å²) in [6.45, 7) is 8.22. The minimum Gasteiger partial charge on any atom is -0.348 e. The summed E-state index contributed by atoms with van der Waals surface area (Å²) in [6, 6.07) is 7.34. The second-order valence-electron chi connectivity index (χ2n) is 6.85. The van der Waals surface area contributed by atoms with Crippen molar-refractivity contribution in [3.63, 3.8) is 0 Å². The Morgan fingerprint density at radius 1 is 1.14 bits per heavy atom. The fraction of sp³-hybridized carbons (Fsp3) is 0.350. The molecular weight excluding hydrogens is 427 g/mol. The third-order valence-corrected chi connectivity index (χ3v) is 5.95. The van der Waals surface area contributed by atoms with Crippen molar-refractivity contribution in [2.75, 3.05) is 12.4 Å². The Hall–Kier alpha value is -2.09. The van der Waals surface area contributed by atoms with E-state index in [0.717, 1.165) is 17.8 Å². The number of nitrogens with zero attached hydrogens (tertiary/aromatic N) is 5. The molecule has 0 aliphatic carbocycles. The summed E-state index contributed by atoms with van der Waals surface area (Å²) in [5.74, 6) is 0.669. The van der Waals surface area contributed by atoms with E-state index < -0.39 is 0 Å². The van der Waals surface area contributed by atoms with Crippen molar-refractivity contribution in [2.45, 2.75) is 40.4 Å². The molecule has 0 saturated carbocycles. The highest BCUT2D eigenvalue weighted by atomic mass is 35.5. The van der Waals surface area contributed by atoms with Crippen molar-refractivity contribution in [3.8, 4) is 0 Å². The smallest absolute Gasteiger partial charge is 0.174 e. The maximum atomic E-state index is 6.25. The summed E-state index contributed by atoms with van der Waals surface area (Å²) in [5, 5.41) is 14.1. The minimum absolute atomic E-state index is 0.484. The quantitative estimate of drug-likeness (QED) is 0.541. The van der Waals surface area contributed by atoms with Crippen LogP contribution in [0.2, 0.25) is 10.0 Å². The molecule has 3 rings (SSSR count). The van der Waals surface area contributed by atoms with Crippen LogP contribution < -0.4 is 5.32 Å². The highest BCUT2D eigenvalue weighted by molar-refractivity contribution is 7.80. The lowest BCUT2D eigenvalue weighted by Crippen LogP contribution is -2.31. The first-order chi connectivity index (χ1) is 13.8. The summed E-state index contributed by atoms with van der Waals surface area (Å²) < 4.78 is 3.79. The molecule has 0 unspecified atom stereocenters. The van der Waals surface area contributed by atoms with Gasteiger partial charge in [0.25, 0.3) is 0 Å². The molecule has 1 aromatic carbocycles. The molecule has 0 aliphatic heterocycles. The lowest BCUT2D eigenvalue weighted by Gasteiger charge is -2.20. The second kappa shape index (κ2) is 9.15. The van der Waals surface area contributed by atoms with Gasteiger partial charge >= 0.3 is 0 Å². The van der Waals surface area contributed by atoms with Crippen molar-refractivity contribution in [2.24, 2.45) is 0 Å². The molecule has 0 atom stereocenters. The number of thiocarbonyl (C=S) groups is 1. The van der Waals surface area contributed by atoms with Crippen LogP contribution in [-0.2, 0) is 19.6 Å². The molecule has 0 amide bonds. The molecule has 1 N–H and O–H groups in total. The van der Waals surface area contributed by atoms with E-state index in [1.165, 1.54) is 11.3 Å². The molecule has 0 fully saturated rings. The van der Waals surface area contributed by atoms with Gasteiger partial charge in [-0.2, -0.15) is 10.2 Å². The van der Waals surface area contributed by atoms with E-state index in [1.807, 2.05) is 54.0 Å². The standard InChI is InChI=1S/C20H24Cl2N6S/c1-5-28-14(3)15(13(2)24-28)11-26(4)20(29)23-19-9-10-27(25-19)12-16-17(21)7-6-8-18(16)22/h6-10H,5,11-12H2,1-4H3,(H,23,25,29). The summed E-state index contributed by atoms with van der Waals surface area (Å²) in [7, 11) is 1.96. The van der Waals surface area contributed by atoms with Crippen LogP contribution in [0.25, 0.3) is 0 Å². The molecule has 2 aromatic heterocycles. The van der Waals surface area contributed by atoms with Gasteiger partial charge in [0.05, 0.1) is 12.2 Å². The van der Waals surface area contributed by atoms with E-state index in [2.05, 4.69) is 29.4 Å². The van der Waals surface area contributed by atoms with Crippen LogP contribution >= 0.6 is 35.4 Å². The molecule has 3 aromatic rings. The molecule has 2 heterocycles. The van der Waals surface area contributed by atoms with Gasteiger partial charge in [-0.15, -0.1) is 0 Å². The van der Waals surface area contributed by atoms with Crippen molar-refractivity contribution in [3.05, 3.63) is 63.0 Å². The van der Waals surface area contributed by atoms with E-state index in [9.17, 15) is 0 Å². The molecule has 0 aliphatic rings. The van der Waals surface area contributed by atoms with Gasteiger partial charge in [0.15, 0.2) is 10.9 Å². The van der Waals surface area contributed by atoms with Crippen LogP contribution in [0.4, 0.5) is 5.82 Å². The lowest BCUT2D eigenvalue weighted by molar-refractivity contribution is 0.504. The summed E-state index contributed by atoms with van der Waals surface area (Å²) in [5.41, 5.74) is 4.22. The Bertz CT molecular complexity index is 1010. The van der Waals surface area contributed by atoms with Crippen LogP contribution in [0.3, 0.4) is 0 Å². The topological polar surface area (TPSA) is 50.9 Å². The molecule has 0 saturated heterocycles. The van der Waals surface area contributed by atoms with E-state index in [4.69, 9.17) is 35.4 Å². The number of benzene rings is 1. The Morgan fingerprint density at radius 2 is 1.83 bits per heavy atom. The van der Waals surface area contributed by atoms with E-state index in [0.29, 0.717) is 34.1 Å². The Kier molecular flexibility index (Phi) is 6.82.